The molecule has 0 aliphatic heterocycles. The highest BCUT2D eigenvalue weighted by molar-refractivity contribution is 7.30. The molecule has 0 aliphatic rings. The quantitative estimate of drug-likeness (QED) is 0.192. The Bertz CT molecular complexity index is 1220. The van der Waals surface area contributed by atoms with Crippen LogP contribution in [0.2, 0.25) is 0 Å². The number of nitrogens with zero attached hydrogens (tertiary/aromatic N) is 3. The summed E-state index contributed by atoms with van der Waals surface area (Å²) in [6.07, 6.45) is 5.08. The van der Waals surface area contributed by atoms with Gasteiger partial charge in [0.1, 0.15) is 17.5 Å². The molecule has 4 aromatic rings. The van der Waals surface area contributed by atoms with Crippen LogP contribution in [-0.4, -0.2) is 30.2 Å². The minimum atomic E-state index is -2.87. The Morgan fingerprint density at radius 2 is 1.16 bits per heavy atom. The summed E-state index contributed by atoms with van der Waals surface area (Å²) in [4.78, 5) is 18.8. The van der Waals surface area contributed by atoms with Crippen molar-refractivity contribution < 1.29 is 18.7 Å². The minimum absolute atomic E-state index is 0.150. The van der Waals surface area contributed by atoms with Crippen LogP contribution in [0.25, 0.3) is 6.08 Å². The number of rotatable bonds is 8. The molecule has 8 heteroatoms. The monoisotopic (exact) mass is 534 g/mol. The third-order valence-corrected chi connectivity index (χ3v) is 6.69. The summed E-state index contributed by atoms with van der Waals surface area (Å²) in [5.41, 5.74) is 1.04. The lowest BCUT2D eigenvalue weighted by molar-refractivity contribution is 0.102. The highest BCUT2D eigenvalue weighted by Gasteiger charge is 2.40. The topological polar surface area (TPSA) is 88.2 Å². The molecule has 0 unspecified atom stereocenters. The first kappa shape index (κ1) is 29.1. The summed E-state index contributed by atoms with van der Waals surface area (Å²) >= 11 is 0. The largest absolute Gasteiger partial charge is 0.692 e. The molecule has 0 fully saturated rings. The molecule has 6 nitrogen and oxygen atoms in total. The summed E-state index contributed by atoms with van der Waals surface area (Å²) in [5.74, 6) is 0.182. The molecule has 0 amide bonds. The van der Waals surface area contributed by atoms with Crippen LogP contribution in [0.5, 0.6) is 0 Å². The Morgan fingerprint density at radius 1 is 0.789 bits per heavy atom. The van der Waals surface area contributed by atoms with Gasteiger partial charge in [0.05, 0.1) is 0 Å². The fraction of sp³-hybridized carbons (Fsp3) is 0.267. The van der Waals surface area contributed by atoms with Crippen LogP contribution in [0, 0.1) is 11.8 Å². The molecule has 1 aromatic heterocycles. The van der Waals surface area contributed by atoms with Crippen molar-refractivity contribution in [2.75, 3.05) is 0 Å². The van der Waals surface area contributed by atoms with Gasteiger partial charge in [-0.3, -0.25) is 0 Å². The van der Waals surface area contributed by atoms with Crippen molar-refractivity contribution in [2.45, 2.75) is 38.9 Å². The second-order valence-electron chi connectivity index (χ2n) is 9.58. The molecule has 198 valence electrons. The van der Waals surface area contributed by atoms with E-state index in [-0.39, 0.29) is 11.8 Å². The van der Waals surface area contributed by atoms with Crippen molar-refractivity contribution >= 4 is 14.3 Å². The van der Waals surface area contributed by atoms with E-state index in [0.29, 0.717) is 5.82 Å². The molecule has 0 radical (unpaired) electrons. The van der Waals surface area contributed by atoms with Crippen molar-refractivity contribution in [1.82, 2.24) is 14.8 Å². The van der Waals surface area contributed by atoms with Crippen LogP contribution >= 0.6 is 8.25 Å². The van der Waals surface area contributed by atoms with E-state index in [9.17, 15) is 0 Å². The first-order valence-corrected chi connectivity index (χ1v) is 13.6. The van der Waals surface area contributed by atoms with Crippen LogP contribution in [0.15, 0.2) is 103 Å². The Morgan fingerprint density at radius 3 is 1.50 bits per heavy atom. The molecule has 2 N–H and O–H groups in total. The lowest BCUT2D eigenvalue weighted by Crippen LogP contribution is -2.38. The van der Waals surface area contributed by atoms with Crippen LogP contribution < -0.4 is 0 Å². The molecule has 0 atom stereocenters. The molecule has 0 spiro atoms. The summed E-state index contributed by atoms with van der Waals surface area (Å²) in [7, 11) is -2.87. The highest BCUT2D eigenvalue weighted by atomic mass is 31.1. The number of allylic oxidation sites excluding steroid dienone is 1. The van der Waals surface area contributed by atoms with Gasteiger partial charge in [-0.25, -0.2) is 14.1 Å². The first-order valence-electron chi connectivity index (χ1n) is 12.4. The Hall–Kier alpha value is -3.51. The molecule has 0 saturated carbocycles. The maximum atomic E-state index is 15.6. The molecular formula is C30H34FN3O3P+. The van der Waals surface area contributed by atoms with Crippen LogP contribution in [-0.2, 0) is 10.1 Å². The molecule has 3 aromatic carbocycles. The Labute approximate surface area is 224 Å². The van der Waals surface area contributed by atoms with Crippen molar-refractivity contribution in [3.63, 3.8) is 0 Å². The number of hydrogen-bond donors (Lipinski definition) is 2. The molecule has 1 heterocycles. The molecule has 0 saturated heterocycles. The van der Waals surface area contributed by atoms with Gasteiger partial charge in [-0.05, 0) is 40.7 Å². The third-order valence-electron chi connectivity index (χ3n) is 6.69. The SMILES string of the molecule is CC(C)C(F)(C=Cc1ncn(C(c2ccccc2)(c2ccccc2)c2ccccc2)n1)C(C)C.O=[P+](O)O. The van der Waals surface area contributed by atoms with Crippen molar-refractivity contribution in [2.24, 2.45) is 11.8 Å². The summed E-state index contributed by atoms with van der Waals surface area (Å²) < 4.78 is 26.2. The van der Waals surface area contributed by atoms with Gasteiger partial charge < -0.3 is 0 Å². The number of aromatic nitrogens is 3. The fourth-order valence-corrected chi connectivity index (χ4v) is 4.70. The van der Waals surface area contributed by atoms with E-state index in [1.54, 1.807) is 18.5 Å². The lowest BCUT2D eigenvalue weighted by Gasteiger charge is -2.35. The van der Waals surface area contributed by atoms with Crippen LogP contribution in [0.4, 0.5) is 4.39 Å². The predicted molar refractivity (Wildman–Crippen MR) is 149 cm³/mol. The molecule has 38 heavy (non-hydrogen) atoms. The number of hydrogen-bond acceptors (Lipinski definition) is 3. The predicted octanol–water partition coefficient (Wildman–Crippen LogP) is 6.78. The van der Waals surface area contributed by atoms with Gasteiger partial charge in [0.25, 0.3) is 0 Å². The zero-order valence-corrected chi connectivity index (χ0v) is 22.9. The van der Waals surface area contributed by atoms with Gasteiger partial charge >= 0.3 is 8.25 Å². The normalized spacial score (nSPS) is 12.0. The average molecular weight is 535 g/mol. The molecular weight excluding hydrogens is 500 g/mol. The van der Waals surface area contributed by atoms with Gasteiger partial charge in [-0.1, -0.05) is 119 Å². The van der Waals surface area contributed by atoms with Gasteiger partial charge in [-0.15, -0.1) is 9.79 Å². The van der Waals surface area contributed by atoms with Crippen molar-refractivity contribution in [3.05, 3.63) is 126 Å². The maximum absolute atomic E-state index is 15.6. The Balaban J connectivity index is 0.000000934. The van der Waals surface area contributed by atoms with E-state index >= 15 is 4.39 Å². The first-order chi connectivity index (χ1) is 18.1. The van der Waals surface area contributed by atoms with Crippen molar-refractivity contribution in [1.29, 1.82) is 0 Å². The van der Waals surface area contributed by atoms with E-state index in [2.05, 4.69) is 41.4 Å². The van der Waals surface area contributed by atoms with Crippen molar-refractivity contribution in [3.8, 4) is 0 Å². The molecule has 4 rings (SSSR count). The van der Waals surface area contributed by atoms with Crippen LogP contribution in [0.3, 0.4) is 0 Å². The van der Waals surface area contributed by atoms with Gasteiger partial charge in [0.15, 0.2) is 5.82 Å². The van der Waals surface area contributed by atoms with Gasteiger partial charge in [0, 0.05) is 4.57 Å². The summed E-state index contributed by atoms with van der Waals surface area (Å²) in [6, 6.07) is 30.9. The summed E-state index contributed by atoms with van der Waals surface area (Å²) in [5, 5.41) is 4.89. The maximum Gasteiger partial charge on any atom is 0.692 e. The second-order valence-corrected chi connectivity index (χ2v) is 10.1. The molecule has 0 aliphatic carbocycles. The number of benzene rings is 3. The smallest absolute Gasteiger partial charge is 0.239 e. The van der Waals surface area contributed by atoms with E-state index < -0.39 is 19.5 Å². The average Bonchev–Trinajstić information content (AvgIpc) is 3.38. The van der Waals surface area contributed by atoms with E-state index in [1.165, 1.54) is 0 Å². The van der Waals surface area contributed by atoms with Gasteiger partial charge in [-0.2, -0.15) is 5.10 Å². The lowest BCUT2D eigenvalue weighted by atomic mass is 9.77. The minimum Gasteiger partial charge on any atom is -0.239 e. The number of halogens is 1. The zero-order valence-electron chi connectivity index (χ0n) is 22.0. The number of alkyl halides is 1. The van der Waals surface area contributed by atoms with E-state index in [0.717, 1.165) is 16.7 Å². The third kappa shape index (κ3) is 6.30. The Kier molecular flexibility index (Phi) is 9.81. The fourth-order valence-electron chi connectivity index (χ4n) is 4.70. The zero-order chi connectivity index (χ0) is 27.8. The van der Waals surface area contributed by atoms with E-state index in [4.69, 9.17) is 19.5 Å². The molecule has 0 bridgehead atoms. The van der Waals surface area contributed by atoms with E-state index in [1.807, 2.05) is 87.0 Å². The van der Waals surface area contributed by atoms with Crippen LogP contribution in [0.1, 0.15) is 50.2 Å². The highest BCUT2D eigenvalue weighted by Crippen LogP contribution is 2.40. The summed E-state index contributed by atoms with van der Waals surface area (Å²) in [6.45, 7) is 7.62. The second kappa shape index (κ2) is 12.8. The standard InChI is InChI=1S/C30H32FN3.HO3P/c1-23(2)29(31,24(3)4)21-20-28-32-22-34(33-28)30(25-14-8-5-9-15-25,26-16-10-6-11-17-26)27-18-12-7-13-19-27;1-4(2)3/h5-24H,1-4H3;(H-,1,2,3)/p+1. The van der Waals surface area contributed by atoms with Gasteiger partial charge in [0.2, 0.25) is 0 Å².